The number of methoxy groups -OCH3 is 1. The van der Waals surface area contributed by atoms with Crippen LogP contribution in [0.4, 0.5) is 17.1 Å². The molecular weight excluding hydrogens is 398 g/mol. The highest BCUT2D eigenvalue weighted by atomic mass is 16.5. The summed E-state index contributed by atoms with van der Waals surface area (Å²) in [6.45, 7) is 4.26. The lowest BCUT2D eigenvalue weighted by atomic mass is 10.0. The highest BCUT2D eigenvalue weighted by molar-refractivity contribution is 6.02. The molecule has 5 rings (SSSR count). The Morgan fingerprint density at radius 2 is 1.50 bits per heavy atom. The van der Waals surface area contributed by atoms with E-state index in [2.05, 4.69) is 53.4 Å². The van der Waals surface area contributed by atoms with Gasteiger partial charge < -0.3 is 14.5 Å². The fourth-order valence-corrected chi connectivity index (χ4v) is 4.91. The molecule has 1 N–H and O–H groups in total. The second kappa shape index (κ2) is 9.05. The summed E-state index contributed by atoms with van der Waals surface area (Å²) >= 11 is 0. The molecule has 0 saturated carbocycles. The summed E-state index contributed by atoms with van der Waals surface area (Å²) in [5, 5.41) is 0. The molecule has 0 spiro atoms. The Bertz CT molecular complexity index is 1060. The molecular formula is C27H30N3O2+. The molecule has 3 aromatic rings. The lowest BCUT2D eigenvalue weighted by Crippen LogP contribution is -3.15. The molecule has 2 aliphatic heterocycles. The molecule has 0 unspecified atom stereocenters. The number of amides is 1. The topological polar surface area (TPSA) is 37.2 Å². The largest absolute Gasteiger partial charge is 0.497 e. The Balaban J connectivity index is 1.32. The molecule has 164 valence electrons. The van der Waals surface area contributed by atoms with Gasteiger partial charge in [0, 0.05) is 11.8 Å². The van der Waals surface area contributed by atoms with Gasteiger partial charge in [-0.15, -0.1) is 0 Å². The SMILES string of the molecule is COc1cccc(N2CC[NH+](CC(=O)N3c4ccccc4CCc4ccccc43)CC2)c1. The molecule has 1 saturated heterocycles. The molecule has 0 aromatic heterocycles. The Kier molecular flexibility index (Phi) is 5.82. The number of quaternary nitrogens is 1. The van der Waals surface area contributed by atoms with Crippen molar-refractivity contribution in [3.05, 3.63) is 83.9 Å². The predicted octanol–water partition coefficient (Wildman–Crippen LogP) is 2.86. The lowest BCUT2D eigenvalue weighted by Gasteiger charge is -2.34. The summed E-state index contributed by atoms with van der Waals surface area (Å²) in [6.07, 6.45) is 1.92. The van der Waals surface area contributed by atoms with Crippen molar-refractivity contribution in [2.45, 2.75) is 12.8 Å². The van der Waals surface area contributed by atoms with E-state index in [4.69, 9.17) is 4.74 Å². The van der Waals surface area contributed by atoms with Crippen molar-refractivity contribution in [2.75, 3.05) is 49.6 Å². The molecule has 1 fully saturated rings. The molecule has 0 radical (unpaired) electrons. The van der Waals surface area contributed by atoms with Crippen LogP contribution in [0.15, 0.2) is 72.8 Å². The van der Waals surface area contributed by atoms with Gasteiger partial charge in [-0.25, -0.2) is 0 Å². The summed E-state index contributed by atoms with van der Waals surface area (Å²) in [6, 6.07) is 24.9. The zero-order valence-electron chi connectivity index (χ0n) is 18.6. The monoisotopic (exact) mass is 428 g/mol. The van der Waals surface area contributed by atoms with Crippen LogP contribution in [-0.4, -0.2) is 45.7 Å². The summed E-state index contributed by atoms with van der Waals surface area (Å²) in [4.78, 5) is 19.3. The first kappa shape index (κ1) is 20.6. The van der Waals surface area contributed by atoms with Gasteiger partial charge in [-0.2, -0.15) is 0 Å². The average molecular weight is 429 g/mol. The van der Waals surface area contributed by atoms with Crippen LogP contribution < -0.4 is 19.4 Å². The van der Waals surface area contributed by atoms with E-state index in [1.165, 1.54) is 21.7 Å². The molecule has 0 aliphatic carbocycles. The maximum absolute atomic E-state index is 13.7. The van der Waals surface area contributed by atoms with Gasteiger partial charge in [0.25, 0.3) is 5.91 Å². The number of hydrogen-bond donors (Lipinski definition) is 1. The van der Waals surface area contributed by atoms with Crippen molar-refractivity contribution in [2.24, 2.45) is 0 Å². The number of fused-ring (bicyclic) bond motifs is 2. The Morgan fingerprint density at radius 3 is 2.12 bits per heavy atom. The zero-order valence-corrected chi connectivity index (χ0v) is 18.6. The molecule has 3 aromatic carbocycles. The number of nitrogens with zero attached hydrogens (tertiary/aromatic N) is 2. The first-order valence-corrected chi connectivity index (χ1v) is 11.4. The van der Waals surface area contributed by atoms with Gasteiger partial charge in [0.05, 0.1) is 44.7 Å². The van der Waals surface area contributed by atoms with Gasteiger partial charge in [-0.1, -0.05) is 42.5 Å². The number of piperazine rings is 1. The number of carbonyl (C=O) groups is 1. The average Bonchev–Trinajstić information content (AvgIpc) is 3.01. The van der Waals surface area contributed by atoms with Gasteiger partial charge in [-0.05, 0) is 48.2 Å². The first-order valence-electron chi connectivity index (χ1n) is 11.4. The maximum atomic E-state index is 13.7. The standard InChI is InChI=1S/C27H29N3O2/c1-32-24-10-6-9-23(19-24)29-17-15-28(16-18-29)20-27(31)30-25-11-4-2-7-21(25)13-14-22-8-3-5-12-26(22)30/h2-12,19H,13-18,20H2,1H3/p+1. The van der Waals surface area contributed by atoms with Crippen LogP contribution in [0.2, 0.25) is 0 Å². The van der Waals surface area contributed by atoms with E-state index in [0.717, 1.165) is 56.1 Å². The number of aryl methyl sites for hydroxylation is 2. The van der Waals surface area contributed by atoms with Crippen LogP contribution in [0.1, 0.15) is 11.1 Å². The van der Waals surface area contributed by atoms with Gasteiger partial charge in [-0.3, -0.25) is 9.69 Å². The highest BCUT2D eigenvalue weighted by Gasteiger charge is 2.30. The van der Waals surface area contributed by atoms with Crippen molar-refractivity contribution in [1.82, 2.24) is 0 Å². The number of ether oxygens (including phenoxy) is 1. The number of rotatable bonds is 4. The summed E-state index contributed by atoms with van der Waals surface area (Å²) in [5.41, 5.74) is 5.75. The van der Waals surface area contributed by atoms with Crippen molar-refractivity contribution in [3.63, 3.8) is 0 Å². The number of benzene rings is 3. The second-order valence-electron chi connectivity index (χ2n) is 8.60. The van der Waals surface area contributed by atoms with E-state index in [1.807, 2.05) is 29.2 Å². The van der Waals surface area contributed by atoms with Crippen molar-refractivity contribution in [1.29, 1.82) is 0 Å². The van der Waals surface area contributed by atoms with E-state index < -0.39 is 0 Å². The van der Waals surface area contributed by atoms with Crippen LogP contribution in [0.3, 0.4) is 0 Å². The summed E-state index contributed by atoms with van der Waals surface area (Å²) < 4.78 is 5.37. The predicted molar refractivity (Wildman–Crippen MR) is 128 cm³/mol. The number of anilines is 3. The number of hydrogen-bond acceptors (Lipinski definition) is 3. The van der Waals surface area contributed by atoms with E-state index in [1.54, 1.807) is 7.11 Å². The van der Waals surface area contributed by atoms with E-state index in [-0.39, 0.29) is 5.91 Å². The Labute approximate surface area is 189 Å². The third-order valence-corrected chi connectivity index (χ3v) is 6.67. The molecule has 2 heterocycles. The van der Waals surface area contributed by atoms with E-state index in [0.29, 0.717) is 6.54 Å². The van der Waals surface area contributed by atoms with Crippen molar-refractivity contribution < 1.29 is 14.4 Å². The second-order valence-corrected chi connectivity index (χ2v) is 8.60. The Morgan fingerprint density at radius 1 is 0.875 bits per heavy atom. The van der Waals surface area contributed by atoms with Crippen LogP contribution in [0.25, 0.3) is 0 Å². The number of carbonyl (C=O) groups excluding carboxylic acids is 1. The van der Waals surface area contributed by atoms with Gasteiger partial charge in [0.2, 0.25) is 0 Å². The summed E-state index contributed by atoms with van der Waals surface area (Å²) in [5.74, 6) is 1.06. The molecule has 0 bridgehead atoms. The fourth-order valence-electron chi connectivity index (χ4n) is 4.91. The van der Waals surface area contributed by atoms with Crippen LogP contribution in [0, 0.1) is 0 Å². The third-order valence-electron chi connectivity index (χ3n) is 6.67. The zero-order chi connectivity index (χ0) is 21.9. The maximum Gasteiger partial charge on any atom is 0.286 e. The van der Waals surface area contributed by atoms with Gasteiger partial charge >= 0.3 is 0 Å². The molecule has 32 heavy (non-hydrogen) atoms. The number of nitrogens with one attached hydrogen (secondary N) is 1. The minimum Gasteiger partial charge on any atom is -0.497 e. The third kappa shape index (κ3) is 4.08. The van der Waals surface area contributed by atoms with Crippen molar-refractivity contribution in [3.8, 4) is 5.75 Å². The van der Waals surface area contributed by atoms with Crippen molar-refractivity contribution >= 4 is 23.0 Å². The van der Waals surface area contributed by atoms with E-state index in [9.17, 15) is 4.79 Å². The van der Waals surface area contributed by atoms with Crippen LogP contribution in [0.5, 0.6) is 5.75 Å². The summed E-state index contributed by atoms with van der Waals surface area (Å²) in [7, 11) is 1.70. The first-order chi connectivity index (χ1) is 15.7. The molecule has 5 heteroatoms. The highest BCUT2D eigenvalue weighted by Crippen LogP contribution is 2.35. The normalized spacial score (nSPS) is 16.2. The van der Waals surface area contributed by atoms with Crippen LogP contribution >= 0.6 is 0 Å². The minimum absolute atomic E-state index is 0.177. The Hall–Kier alpha value is -3.31. The molecule has 1 amide bonds. The molecule has 5 nitrogen and oxygen atoms in total. The minimum atomic E-state index is 0.177. The molecule has 0 atom stereocenters. The smallest absolute Gasteiger partial charge is 0.286 e. The number of para-hydroxylation sites is 2. The van der Waals surface area contributed by atoms with Gasteiger partial charge in [0.1, 0.15) is 5.75 Å². The van der Waals surface area contributed by atoms with E-state index >= 15 is 0 Å². The fraction of sp³-hybridized carbons (Fsp3) is 0.296. The quantitative estimate of drug-likeness (QED) is 0.694. The van der Waals surface area contributed by atoms with Gasteiger partial charge in [0.15, 0.2) is 6.54 Å². The lowest BCUT2D eigenvalue weighted by molar-refractivity contribution is -0.892. The van der Waals surface area contributed by atoms with Crippen LogP contribution in [-0.2, 0) is 17.6 Å². The molecule has 2 aliphatic rings.